The number of amides is 1. The molecule has 1 aromatic carbocycles. The first kappa shape index (κ1) is 14.3. The number of alkyl carbamates (subject to hydrolysis) is 1. The maximum absolute atomic E-state index is 13.6. The molecule has 100 valence electrons. The van der Waals surface area contributed by atoms with Crippen molar-refractivity contribution in [2.24, 2.45) is 0 Å². The Morgan fingerprint density at radius 3 is 2.61 bits per heavy atom. The molecule has 0 heterocycles. The van der Waals surface area contributed by atoms with E-state index in [1.54, 1.807) is 32.9 Å². The first-order chi connectivity index (χ1) is 8.33. The molecule has 1 N–H and O–H groups in total. The van der Waals surface area contributed by atoms with Gasteiger partial charge in [-0.15, -0.1) is 0 Å². The van der Waals surface area contributed by atoms with E-state index in [0.29, 0.717) is 11.3 Å². The van der Waals surface area contributed by atoms with Crippen molar-refractivity contribution in [3.8, 4) is 5.75 Å². The molecule has 5 heteroatoms. The molecule has 1 amide bonds. The number of hydrogen-bond acceptors (Lipinski definition) is 3. The fourth-order valence-corrected chi connectivity index (χ4v) is 1.38. The molecule has 0 bridgehead atoms. The topological polar surface area (TPSA) is 47.6 Å². The van der Waals surface area contributed by atoms with Gasteiger partial charge in [0.2, 0.25) is 0 Å². The molecule has 0 fully saturated rings. The van der Waals surface area contributed by atoms with Crippen LogP contribution in [0.2, 0.25) is 0 Å². The molecule has 1 rings (SSSR count). The van der Waals surface area contributed by atoms with E-state index >= 15 is 0 Å². The predicted molar refractivity (Wildman–Crippen MR) is 66.0 cm³/mol. The van der Waals surface area contributed by atoms with Crippen molar-refractivity contribution in [2.75, 3.05) is 7.11 Å². The van der Waals surface area contributed by atoms with Crippen LogP contribution >= 0.6 is 0 Å². The van der Waals surface area contributed by atoms with Crippen LogP contribution in [0.4, 0.5) is 9.18 Å². The van der Waals surface area contributed by atoms with E-state index in [0.717, 1.165) is 0 Å². The molecule has 0 radical (unpaired) electrons. The normalized spacial score (nSPS) is 10.9. The standard InChI is InChI=1S/C13H18FNO3/c1-13(2,3)18-12(16)15-8-9-10(14)6-5-7-11(9)17-4/h5-7H,8H2,1-4H3,(H,15,16). The monoisotopic (exact) mass is 255 g/mol. The van der Waals surface area contributed by atoms with Gasteiger partial charge in [-0.2, -0.15) is 0 Å². The Labute approximate surface area is 106 Å². The summed E-state index contributed by atoms with van der Waals surface area (Å²) in [6, 6.07) is 4.49. The third-order valence-corrected chi connectivity index (χ3v) is 2.10. The molecule has 0 aromatic heterocycles. The highest BCUT2D eigenvalue weighted by atomic mass is 19.1. The third kappa shape index (κ3) is 4.24. The summed E-state index contributed by atoms with van der Waals surface area (Å²) in [6.45, 7) is 5.30. The average Bonchev–Trinajstić information content (AvgIpc) is 2.24. The van der Waals surface area contributed by atoms with Crippen LogP contribution in [0.15, 0.2) is 18.2 Å². The molecule has 18 heavy (non-hydrogen) atoms. The lowest BCUT2D eigenvalue weighted by Crippen LogP contribution is -2.32. The maximum atomic E-state index is 13.6. The van der Waals surface area contributed by atoms with Gasteiger partial charge in [0.05, 0.1) is 13.7 Å². The second kappa shape index (κ2) is 5.71. The van der Waals surface area contributed by atoms with Crippen molar-refractivity contribution in [2.45, 2.75) is 32.9 Å². The SMILES string of the molecule is COc1cccc(F)c1CNC(=O)OC(C)(C)C. The molecular weight excluding hydrogens is 237 g/mol. The van der Waals surface area contributed by atoms with Crippen LogP contribution in [-0.4, -0.2) is 18.8 Å². The number of carbonyl (C=O) groups excluding carboxylic acids is 1. The van der Waals surface area contributed by atoms with Crippen LogP contribution < -0.4 is 10.1 Å². The highest BCUT2D eigenvalue weighted by Gasteiger charge is 2.17. The summed E-state index contributed by atoms with van der Waals surface area (Å²) < 4.78 is 23.6. The predicted octanol–water partition coefficient (Wildman–Crippen LogP) is 2.86. The molecule has 1 aromatic rings. The van der Waals surface area contributed by atoms with Crippen molar-refractivity contribution in [1.82, 2.24) is 5.32 Å². The molecular formula is C13H18FNO3. The van der Waals surface area contributed by atoms with Crippen LogP contribution in [0.1, 0.15) is 26.3 Å². The van der Waals surface area contributed by atoms with Crippen LogP contribution in [0, 0.1) is 5.82 Å². The van der Waals surface area contributed by atoms with E-state index in [1.165, 1.54) is 13.2 Å². The van der Waals surface area contributed by atoms with Crippen molar-refractivity contribution in [1.29, 1.82) is 0 Å². The number of carbonyl (C=O) groups is 1. The van der Waals surface area contributed by atoms with E-state index in [-0.39, 0.29) is 6.54 Å². The van der Waals surface area contributed by atoms with E-state index in [9.17, 15) is 9.18 Å². The van der Waals surface area contributed by atoms with Crippen LogP contribution in [0.25, 0.3) is 0 Å². The van der Waals surface area contributed by atoms with Crippen molar-refractivity contribution in [3.63, 3.8) is 0 Å². The van der Waals surface area contributed by atoms with Gasteiger partial charge in [-0.3, -0.25) is 0 Å². The lowest BCUT2D eigenvalue weighted by molar-refractivity contribution is 0.0523. The summed E-state index contributed by atoms with van der Waals surface area (Å²) in [5.74, 6) is -0.0310. The first-order valence-corrected chi connectivity index (χ1v) is 5.61. The minimum atomic E-state index is -0.590. The van der Waals surface area contributed by atoms with Crippen LogP contribution in [0.3, 0.4) is 0 Å². The Morgan fingerprint density at radius 2 is 2.06 bits per heavy atom. The van der Waals surface area contributed by atoms with Crippen molar-refractivity contribution < 1.29 is 18.7 Å². The summed E-state index contributed by atoms with van der Waals surface area (Å²) >= 11 is 0. The largest absolute Gasteiger partial charge is 0.496 e. The molecule has 0 aliphatic rings. The fourth-order valence-electron chi connectivity index (χ4n) is 1.38. The highest BCUT2D eigenvalue weighted by Crippen LogP contribution is 2.20. The van der Waals surface area contributed by atoms with Gasteiger partial charge >= 0.3 is 6.09 Å². The number of nitrogens with one attached hydrogen (secondary N) is 1. The van der Waals surface area contributed by atoms with Gasteiger partial charge in [0, 0.05) is 5.56 Å². The van der Waals surface area contributed by atoms with Gasteiger partial charge in [0.1, 0.15) is 17.2 Å². The second-order valence-corrected chi connectivity index (χ2v) is 4.78. The molecule has 0 atom stereocenters. The van der Waals surface area contributed by atoms with E-state index in [1.807, 2.05) is 0 Å². The van der Waals surface area contributed by atoms with Gasteiger partial charge in [-0.25, -0.2) is 9.18 Å². The van der Waals surface area contributed by atoms with E-state index < -0.39 is 17.5 Å². The summed E-state index contributed by atoms with van der Waals surface area (Å²) in [5.41, 5.74) is -0.283. The maximum Gasteiger partial charge on any atom is 0.407 e. The number of ether oxygens (including phenoxy) is 2. The van der Waals surface area contributed by atoms with Gasteiger partial charge in [0.25, 0.3) is 0 Å². The first-order valence-electron chi connectivity index (χ1n) is 5.61. The van der Waals surface area contributed by atoms with Gasteiger partial charge < -0.3 is 14.8 Å². The third-order valence-electron chi connectivity index (χ3n) is 2.10. The lowest BCUT2D eigenvalue weighted by atomic mass is 10.2. The zero-order valence-electron chi connectivity index (χ0n) is 11.0. The van der Waals surface area contributed by atoms with Crippen LogP contribution in [0.5, 0.6) is 5.75 Å². The van der Waals surface area contributed by atoms with E-state index in [4.69, 9.17) is 9.47 Å². The quantitative estimate of drug-likeness (QED) is 0.903. The van der Waals surface area contributed by atoms with Crippen molar-refractivity contribution >= 4 is 6.09 Å². The Hall–Kier alpha value is -1.78. The summed E-state index contributed by atoms with van der Waals surface area (Å²) in [5, 5.41) is 2.49. The van der Waals surface area contributed by atoms with Gasteiger partial charge in [-0.05, 0) is 32.9 Å². The average molecular weight is 255 g/mol. The van der Waals surface area contributed by atoms with Gasteiger partial charge in [0.15, 0.2) is 0 Å². The highest BCUT2D eigenvalue weighted by molar-refractivity contribution is 5.67. The molecule has 0 spiro atoms. The summed E-state index contributed by atoms with van der Waals surface area (Å²) in [7, 11) is 1.45. The fraction of sp³-hybridized carbons (Fsp3) is 0.462. The Balaban J connectivity index is 2.66. The minimum Gasteiger partial charge on any atom is -0.496 e. The molecule has 0 unspecified atom stereocenters. The Bertz CT molecular complexity index is 427. The summed E-state index contributed by atoms with van der Waals surface area (Å²) in [4.78, 5) is 11.4. The second-order valence-electron chi connectivity index (χ2n) is 4.78. The number of benzene rings is 1. The number of rotatable bonds is 3. The number of halogens is 1. The molecule has 4 nitrogen and oxygen atoms in total. The number of hydrogen-bond donors (Lipinski definition) is 1. The summed E-state index contributed by atoms with van der Waals surface area (Å²) in [6.07, 6.45) is -0.590. The zero-order chi connectivity index (χ0) is 13.8. The smallest absolute Gasteiger partial charge is 0.407 e. The lowest BCUT2D eigenvalue weighted by Gasteiger charge is -2.20. The molecule has 0 aliphatic carbocycles. The molecule has 0 aliphatic heterocycles. The Morgan fingerprint density at radius 1 is 1.39 bits per heavy atom. The number of methoxy groups -OCH3 is 1. The zero-order valence-corrected chi connectivity index (χ0v) is 11.0. The van der Waals surface area contributed by atoms with Crippen molar-refractivity contribution in [3.05, 3.63) is 29.6 Å². The Kier molecular flexibility index (Phi) is 4.53. The van der Waals surface area contributed by atoms with Crippen LogP contribution in [-0.2, 0) is 11.3 Å². The molecule has 0 saturated heterocycles. The minimum absolute atomic E-state index is 0.0186. The van der Waals surface area contributed by atoms with E-state index in [2.05, 4.69) is 5.32 Å². The van der Waals surface area contributed by atoms with Gasteiger partial charge in [-0.1, -0.05) is 6.07 Å². The molecule has 0 saturated carbocycles.